The molecule has 0 bridgehead atoms. The van der Waals surface area contributed by atoms with Crippen LogP contribution in [0.2, 0.25) is 0 Å². The molecule has 3 unspecified atom stereocenters. The quantitative estimate of drug-likeness (QED) is 0.0169. The van der Waals surface area contributed by atoms with Crippen LogP contribution in [-0.4, -0.2) is 96.7 Å². The molecule has 17 nitrogen and oxygen atoms in total. The minimum atomic E-state index is -4.97. The number of esters is 4. The Kier molecular flexibility index (Phi) is 71.6. The summed E-state index contributed by atoms with van der Waals surface area (Å²) in [7, 11) is -9.93. The molecular formula is C81H154O17P2. The van der Waals surface area contributed by atoms with Gasteiger partial charge in [0.15, 0.2) is 12.2 Å². The molecule has 0 rings (SSSR count). The predicted molar refractivity (Wildman–Crippen MR) is 409 cm³/mol. The number of hydrogen-bond acceptors (Lipinski definition) is 15. The van der Waals surface area contributed by atoms with Crippen LogP contribution in [0.25, 0.3) is 0 Å². The van der Waals surface area contributed by atoms with Gasteiger partial charge in [-0.25, -0.2) is 9.13 Å². The van der Waals surface area contributed by atoms with E-state index in [0.29, 0.717) is 25.7 Å². The fourth-order valence-corrected chi connectivity index (χ4v) is 13.6. The predicted octanol–water partition coefficient (Wildman–Crippen LogP) is 24.0. The molecule has 0 fully saturated rings. The first-order chi connectivity index (χ1) is 48.6. The zero-order chi connectivity index (χ0) is 73.4. The Labute approximate surface area is 612 Å². The summed E-state index contributed by atoms with van der Waals surface area (Å²) in [6, 6.07) is 0. The van der Waals surface area contributed by atoms with E-state index in [4.69, 9.17) is 37.0 Å². The van der Waals surface area contributed by atoms with Gasteiger partial charge in [-0.05, 0) is 57.3 Å². The smallest absolute Gasteiger partial charge is 0.462 e. The third kappa shape index (κ3) is 72.5. The summed E-state index contributed by atoms with van der Waals surface area (Å²) in [4.78, 5) is 73.0. The number of allylic oxidation sites excluding steroid dienone is 4. The Morgan fingerprint density at radius 2 is 0.560 bits per heavy atom. The SMILES string of the molecule is CCCCCC/C=C\C=C/CCCCCCCC(=O)OC[C@H](COP(=O)(O)OC[C@@H](O)COP(=O)(O)OC[C@@H](COC(=O)CCCCCCCCCCCCCC)OC(=O)CCCCCCCCCCCCC(C)CC)OC(=O)CCCCCCCCCCCCCCCCCCCCC. The number of hydrogen-bond donors (Lipinski definition) is 3. The van der Waals surface area contributed by atoms with E-state index in [-0.39, 0.29) is 25.7 Å². The molecule has 0 aliphatic heterocycles. The van der Waals surface area contributed by atoms with Crippen molar-refractivity contribution in [1.82, 2.24) is 0 Å². The first-order valence-electron chi connectivity index (χ1n) is 41.5. The molecule has 0 saturated carbocycles. The van der Waals surface area contributed by atoms with Gasteiger partial charge in [0.1, 0.15) is 19.3 Å². The van der Waals surface area contributed by atoms with Crippen LogP contribution in [0.15, 0.2) is 24.3 Å². The Hall–Kier alpha value is -2.46. The van der Waals surface area contributed by atoms with Gasteiger partial charge in [0.05, 0.1) is 26.4 Å². The van der Waals surface area contributed by atoms with Crippen LogP contribution >= 0.6 is 15.6 Å². The average molecular weight is 1460 g/mol. The van der Waals surface area contributed by atoms with Gasteiger partial charge in [-0.2, -0.15) is 0 Å². The van der Waals surface area contributed by atoms with Crippen molar-refractivity contribution in [3.8, 4) is 0 Å². The maximum Gasteiger partial charge on any atom is 0.472 e. The second kappa shape index (κ2) is 73.4. The molecule has 0 heterocycles. The monoisotopic (exact) mass is 1460 g/mol. The molecular weight excluding hydrogens is 1310 g/mol. The van der Waals surface area contributed by atoms with Gasteiger partial charge in [-0.1, -0.05) is 354 Å². The van der Waals surface area contributed by atoms with Crippen LogP contribution < -0.4 is 0 Å². The number of aliphatic hydroxyl groups is 1. The Bertz CT molecular complexity index is 2010. The molecule has 0 amide bonds. The minimum absolute atomic E-state index is 0.102. The molecule has 0 saturated heterocycles. The Balaban J connectivity index is 5.29. The van der Waals surface area contributed by atoms with Gasteiger partial charge in [-0.3, -0.25) is 37.3 Å². The normalized spacial score (nSPS) is 14.3. The molecule has 6 atom stereocenters. The van der Waals surface area contributed by atoms with Crippen LogP contribution in [0, 0.1) is 5.92 Å². The largest absolute Gasteiger partial charge is 0.472 e. The molecule has 0 aromatic rings. The number of phosphoric acid groups is 2. The van der Waals surface area contributed by atoms with Crippen LogP contribution in [-0.2, 0) is 65.4 Å². The first-order valence-corrected chi connectivity index (χ1v) is 44.5. The van der Waals surface area contributed by atoms with Gasteiger partial charge >= 0.3 is 39.5 Å². The molecule has 0 aliphatic rings. The van der Waals surface area contributed by atoms with E-state index in [1.54, 1.807) is 0 Å². The van der Waals surface area contributed by atoms with Crippen molar-refractivity contribution in [3.63, 3.8) is 0 Å². The first kappa shape index (κ1) is 97.5. The van der Waals surface area contributed by atoms with Crippen molar-refractivity contribution in [2.75, 3.05) is 39.6 Å². The van der Waals surface area contributed by atoms with Crippen molar-refractivity contribution in [2.24, 2.45) is 5.92 Å². The Morgan fingerprint density at radius 1 is 0.320 bits per heavy atom. The fourth-order valence-electron chi connectivity index (χ4n) is 12.0. The summed E-state index contributed by atoms with van der Waals surface area (Å²) in [5.41, 5.74) is 0. The summed E-state index contributed by atoms with van der Waals surface area (Å²) in [5, 5.41) is 10.6. The van der Waals surface area contributed by atoms with E-state index >= 15 is 0 Å². The maximum atomic E-state index is 13.1. The zero-order valence-electron chi connectivity index (χ0n) is 64.8. The maximum absolute atomic E-state index is 13.1. The van der Waals surface area contributed by atoms with Crippen molar-refractivity contribution in [2.45, 2.75) is 425 Å². The molecule has 590 valence electrons. The topological polar surface area (TPSA) is 237 Å². The van der Waals surface area contributed by atoms with E-state index in [1.807, 2.05) is 0 Å². The lowest BCUT2D eigenvalue weighted by molar-refractivity contribution is -0.161. The number of carbonyl (C=O) groups excluding carboxylic acids is 4. The Morgan fingerprint density at radius 3 is 0.850 bits per heavy atom. The lowest BCUT2D eigenvalue weighted by Crippen LogP contribution is -2.30. The molecule has 19 heteroatoms. The molecule has 0 radical (unpaired) electrons. The highest BCUT2D eigenvalue weighted by Crippen LogP contribution is 2.45. The minimum Gasteiger partial charge on any atom is -0.462 e. The molecule has 100 heavy (non-hydrogen) atoms. The van der Waals surface area contributed by atoms with Crippen molar-refractivity contribution in [3.05, 3.63) is 24.3 Å². The van der Waals surface area contributed by atoms with Gasteiger partial charge in [0.25, 0.3) is 0 Å². The van der Waals surface area contributed by atoms with Gasteiger partial charge < -0.3 is 33.8 Å². The van der Waals surface area contributed by atoms with E-state index in [0.717, 1.165) is 115 Å². The lowest BCUT2D eigenvalue weighted by Gasteiger charge is -2.21. The third-order valence-corrected chi connectivity index (χ3v) is 20.7. The summed E-state index contributed by atoms with van der Waals surface area (Å²) in [5.74, 6) is -1.33. The van der Waals surface area contributed by atoms with Crippen LogP contribution in [0.3, 0.4) is 0 Å². The molecule has 0 aromatic heterocycles. The summed E-state index contributed by atoms with van der Waals surface area (Å²) in [6.07, 6.45) is 67.2. The van der Waals surface area contributed by atoms with Gasteiger partial charge in [-0.15, -0.1) is 0 Å². The van der Waals surface area contributed by atoms with E-state index in [1.165, 1.54) is 212 Å². The van der Waals surface area contributed by atoms with E-state index < -0.39 is 97.5 Å². The highest BCUT2D eigenvalue weighted by atomic mass is 31.2. The van der Waals surface area contributed by atoms with Gasteiger partial charge in [0, 0.05) is 25.7 Å². The second-order valence-corrected chi connectivity index (χ2v) is 31.6. The second-order valence-electron chi connectivity index (χ2n) is 28.7. The molecule has 0 aromatic carbocycles. The summed E-state index contributed by atoms with van der Waals surface area (Å²) in [6.45, 7) is 7.29. The number of unbranched alkanes of at least 4 members (excludes halogenated alkanes) is 47. The van der Waals surface area contributed by atoms with Gasteiger partial charge in [0.2, 0.25) is 0 Å². The average Bonchev–Trinajstić information content (AvgIpc) is 1.14. The molecule has 3 N–H and O–H groups in total. The van der Waals surface area contributed by atoms with Crippen LogP contribution in [0.1, 0.15) is 407 Å². The standard InChI is InChI=1S/C81H154O17P2/c1-6-10-13-16-19-22-25-28-30-31-32-33-35-37-40-46-51-56-61-66-80(85)97-76(70-92-79(84)65-60-55-50-45-39-36-34-29-26-23-20-17-14-11-7-2)72-95-99(87,88)93-68-75(82)69-94-100(89,90)96-73-77(71-91-78(83)64-59-54-49-44-38-27-24-21-18-15-12-8-3)98-81(86)67-62-57-52-47-42-41-43-48-53-58-63-74(5)9-4/h23,26,29,34,74-77,82H,6-22,24-25,27-28,30-33,35-73H2,1-5H3,(H,87,88)(H,89,90)/b26-23-,34-29-/t74?,75-,76-,77-/m1/s1. The van der Waals surface area contributed by atoms with Crippen molar-refractivity contribution in [1.29, 1.82) is 0 Å². The number of ether oxygens (including phenoxy) is 4. The number of phosphoric ester groups is 2. The van der Waals surface area contributed by atoms with E-state index in [2.05, 4.69) is 58.9 Å². The summed E-state index contributed by atoms with van der Waals surface area (Å²) < 4.78 is 68.7. The lowest BCUT2D eigenvalue weighted by atomic mass is 9.99. The zero-order valence-corrected chi connectivity index (χ0v) is 66.6. The van der Waals surface area contributed by atoms with E-state index in [9.17, 15) is 43.2 Å². The number of carbonyl (C=O) groups is 4. The molecule has 0 spiro atoms. The summed E-state index contributed by atoms with van der Waals surface area (Å²) >= 11 is 0. The number of rotatable bonds is 79. The van der Waals surface area contributed by atoms with Crippen LogP contribution in [0.4, 0.5) is 0 Å². The van der Waals surface area contributed by atoms with Crippen molar-refractivity contribution < 1.29 is 80.2 Å². The molecule has 0 aliphatic carbocycles. The highest BCUT2D eigenvalue weighted by molar-refractivity contribution is 7.47. The highest BCUT2D eigenvalue weighted by Gasteiger charge is 2.30. The van der Waals surface area contributed by atoms with Crippen molar-refractivity contribution >= 4 is 39.5 Å². The van der Waals surface area contributed by atoms with Crippen LogP contribution in [0.5, 0.6) is 0 Å². The fraction of sp³-hybridized carbons (Fsp3) is 0.901. The number of aliphatic hydroxyl groups excluding tert-OH is 1. The third-order valence-electron chi connectivity index (χ3n) is 18.8.